The van der Waals surface area contributed by atoms with E-state index in [1.165, 1.54) is 14.2 Å². The third-order valence-electron chi connectivity index (χ3n) is 4.90. The highest BCUT2D eigenvalue weighted by molar-refractivity contribution is 6.32. The summed E-state index contributed by atoms with van der Waals surface area (Å²) in [6.07, 6.45) is 0.445. The summed E-state index contributed by atoms with van der Waals surface area (Å²) in [6, 6.07) is 10.5. The van der Waals surface area contributed by atoms with Gasteiger partial charge in [0.1, 0.15) is 28.7 Å². The van der Waals surface area contributed by atoms with Crippen LogP contribution in [0.3, 0.4) is 0 Å². The molecule has 3 rings (SSSR count). The molecule has 158 valence electrons. The second-order valence-corrected chi connectivity index (χ2v) is 7.13. The maximum atomic E-state index is 12.7. The highest BCUT2D eigenvalue weighted by atomic mass is 35.5. The van der Waals surface area contributed by atoms with E-state index in [9.17, 15) is 4.79 Å². The SMILES string of the molecule is COc1cc(C)c(Cl)c(C)c1Cc1ccc(C(=O)Nc2c(OC)cccc2OC)o1. The van der Waals surface area contributed by atoms with Crippen LogP contribution in [0.5, 0.6) is 17.2 Å². The molecule has 0 aliphatic carbocycles. The molecule has 0 unspecified atom stereocenters. The van der Waals surface area contributed by atoms with Gasteiger partial charge in [-0.3, -0.25) is 4.79 Å². The highest BCUT2D eigenvalue weighted by Gasteiger charge is 2.19. The fourth-order valence-corrected chi connectivity index (χ4v) is 3.45. The Hall–Kier alpha value is -3.12. The van der Waals surface area contributed by atoms with Crippen LogP contribution in [-0.4, -0.2) is 27.2 Å². The summed E-state index contributed by atoms with van der Waals surface area (Å²) >= 11 is 6.41. The number of hydrogen-bond acceptors (Lipinski definition) is 5. The number of furan rings is 1. The van der Waals surface area contributed by atoms with Crippen molar-refractivity contribution in [3.63, 3.8) is 0 Å². The normalized spacial score (nSPS) is 10.6. The van der Waals surface area contributed by atoms with Crippen molar-refractivity contribution in [3.05, 3.63) is 69.6 Å². The maximum Gasteiger partial charge on any atom is 0.291 e. The minimum atomic E-state index is -0.408. The lowest BCUT2D eigenvalue weighted by molar-refractivity contribution is 0.0994. The average molecular weight is 430 g/mol. The number of carbonyl (C=O) groups is 1. The molecule has 0 saturated heterocycles. The Kier molecular flexibility index (Phi) is 6.57. The molecule has 0 aliphatic heterocycles. The number of hydrogen-bond donors (Lipinski definition) is 1. The number of ether oxygens (including phenoxy) is 3. The third kappa shape index (κ3) is 4.24. The molecule has 7 heteroatoms. The fourth-order valence-electron chi connectivity index (χ4n) is 3.28. The van der Waals surface area contributed by atoms with Gasteiger partial charge in [-0.15, -0.1) is 0 Å². The van der Waals surface area contributed by atoms with Gasteiger partial charge in [-0.25, -0.2) is 0 Å². The van der Waals surface area contributed by atoms with Crippen LogP contribution in [0.4, 0.5) is 5.69 Å². The zero-order valence-corrected chi connectivity index (χ0v) is 18.3. The lowest BCUT2D eigenvalue weighted by Gasteiger charge is -2.14. The summed E-state index contributed by atoms with van der Waals surface area (Å²) in [4.78, 5) is 12.7. The molecule has 0 spiro atoms. The van der Waals surface area contributed by atoms with E-state index in [2.05, 4.69) is 5.32 Å². The Morgan fingerprint density at radius 2 is 1.63 bits per heavy atom. The highest BCUT2D eigenvalue weighted by Crippen LogP contribution is 2.35. The Bertz CT molecular complexity index is 1050. The van der Waals surface area contributed by atoms with Crippen LogP contribution in [0.2, 0.25) is 5.02 Å². The van der Waals surface area contributed by atoms with E-state index in [0.29, 0.717) is 34.4 Å². The van der Waals surface area contributed by atoms with Crippen LogP contribution in [0.1, 0.15) is 33.0 Å². The minimum absolute atomic E-state index is 0.174. The van der Waals surface area contributed by atoms with E-state index in [1.807, 2.05) is 19.9 Å². The molecule has 0 bridgehead atoms. The van der Waals surface area contributed by atoms with Gasteiger partial charge < -0.3 is 23.9 Å². The van der Waals surface area contributed by atoms with E-state index in [0.717, 1.165) is 22.4 Å². The van der Waals surface area contributed by atoms with Gasteiger partial charge in [0.2, 0.25) is 0 Å². The second-order valence-electron chi connectivity index (χ2n) is 6.75. The van der Waals surface area contributed by atoms with Crippen molar-refractivity contribution in [3.8, 4) is 17.2 Å². The Morgan fingerprint density at radius 1 is 1.00 bits per heavy atom. The molecule has 6 nitrogen and oxygen atoms in total. The number of halogens is 1. The van der Waals surface area contributed by atoms with Crippen molar-refractivity contribution in [2.45, 2.75) is 20.3 Å². The van der Waals surface area contributed by atoms with Gasteiger partial charge in [0, 0.05) is 17.0 Å². The van der Waals surface area contributed by atoms with E-state index >= 15 is 0 Å². The summed E-state index contributed by atoms with van der Waals surface area (Å²) in [5, 5.41) is 3.49. The van der Waals surface area contributed by atoms with Gasteiger partial charge in [0.05, 0.1) is 21.3 Å². The number of methoxy groups -OCH3 is 3. The number of amides is 1. The van der Waals surface area contributed by atoms with Crippen LogP contribution in [0.15, 0.2) is 40.8 Å². The van der Waals surface area contributed by atoms with Crippen molar-refractivity contribution >= 4 is 23.2 Å². The van der Waals surface area contributed by atoms with E-state index in [1.54, 1.807) is 37.4 Å². The van der Waals surface area contributed by atoms with E-state index in [-0.39, 0.29) is 5.76 Å². The summed E-state index contributed by atoms with van der Waals surface area (Å²) in [7, 11) is 4.67. The maximum absolute atomic E-state index is 12.7. The van der Waals surface area contributed by atoms with Crippen molar-refractivity contribution < 1.29 is 23.4 Å². The number of benzene rings is 2. The predicted molar refractivity (Wildman–Crippen MR) is 116 cm³/mol. The van der Waals surface area contributed by atoms with Gasteiger partial charge in [-0.05, 0) is 55.3 Å². The van der Waals surface area contributed by atoms with Gasteiger partial charge in [0.25, 0.3) is 5.91 Å². The summed E-state index contributed by atoms with van der Waals surface area (Å²) in [5.74, 6) is 2.10. The van der Waals surface area contributed by atoms with E-state index < -0.39 is 5.91 Å². The zero-order chi connectivity index (χ0) is 21.8. The van der Waals surface area contributed by atoms with Crippen molar-refractivity contribution in [2.24, 2.45) is 0 Å². The van der Waals surface area contributed by atoms with Crippen LogP contribution < -0.4 is 19.5 Å². The van der Waals surface area contributed by atoms with Crippen molar-refractivity contribution in [1.29, 1.82) is 0 Å². The van der Waals surface area contributed by atoms with Crippen molar-refractivity contribution in [1.82, 2.24) is 0 Å². The van der Waals surface area contributed by atoms with Gasteiger partial charge >= 0.3 is 0 Å². The summed E-state index contributed by atoms with van der Waals surface area (Å²) in [6.45, 7) is 3.88. The number of para-hydroxylation sites is 1. The first-order valence-corrected chi connectivity index (χ1v) is 9.71. The molecule has 1 heterocycles. The first-order chi connectivity index (χ1) is 14.4. The minimum Gasteiger partial charge on any atom is -0.496 e. The molecule has 1 aromatic heterocycles. The fraction of sp³-hybridized carbons (Fsp3) is 0.261. The van der Waals surface area contributed by atoms with Crippen molar-refractivity contribution in [2.75, 3.05) is 26.6 Å². The largest absolute Gasteiger partial charge is 0.496 e. The Morgan fingerprint density at radius 3 is 2.23 bits per heavy atom. The molecule has 1 N–H and O–H groups in total. The average Bonchev–Trinajstić information content (AvgIpc) is 3.22. The van der Waals surface area contributed by atoms with Crippen LogP contribution in [0, 0.1) is 13.8 Å². The van der Waals surface area contributed by atoms with Crippen LogP contribution >= 0.6 is 11.6 Å². The number of aryl methyl sites for hydroxylation is 1. The molecule has 2 aromatic carbocycles. The van der Waals surface area contributed by atoms with Gasteiger partial charge in [-0.1, -0.05) is 17.7 Å². The number of nitrogens with one attached hydrogen (secondary N) is 1. The van der Waals surface area contributed by atoms with E-state index in [4.69, 9.17) is 30.2 Å². The molecule has 0 atom stereocenters. The first-order valence-electron chi connectivity index (χ1n) is 9.33. The first kappa shape index (κ1) is 21.6. The molecule has 0 saturated carbocycles. The van der Waals surface area contributed by atoms with Crippen LogP contribution in [0.25, 0.3) is 0 Å². The number of rotatable bonds is 7. The van der Waals surface area contributed by atoms with Gasteiger partial charge in [0.15, 0.2) is 5.76 Å². The topological polar surface area (TPSA) is 69.9 Å². The van der Waals surface area contributed by atoms with Crippen LogP contribution in [-0.2, 0) is 6.42 Å². The Balaban J connectivity index is 1.85. The smallest absolute Gasteiger partial charge is 0.291 e. The lowest BCUT2D eigenvalue weighted by Crippen LogP contribution is -2.12. The van der Waals surface area contributed by atoms with Gasteiger partial charge in [-0.2, -0.15) is 0 Å². The molecule has 1 amide bonds. The quantitative estimate of drug-likeness (QED) is 0.543. The zero-order valence-electron chi connectivity index (χ0n) is 17.6. The predicted octanol–water partition coefficient (Wildman–Crippen LogP) is 5.42. The summed E-state index contributed by atoms with van der Waals surface area (Å²) < 4.78 is 21.9. The molecule has 3 aromatic rings. The number of anilines is 1. The molecule has 30 heavy (non-hydrogen) atoms. The third-order valence-corrected chi connectivity index (χ3v) is 5.48. The monoisotopic (exact) mass is 429 g/mol. The molecule has 0 radical (unpaired) electrons. The molecule has 0 aliphatic rings. The number of carbonyl (C=O) groups excluding carboxylic acids is 1. The molecular weight excluding hydrogens is 406 g/mol. The second kappa shape index (κ2) is 9.13. The summed E-state index contributed by atoms with van der Waals surface area (Å²) in [5.41, 5.74) is 3.23. The Labute approximate surface area is 180 Å². The molecule has 0 fully saturated rings. The lowest BCUT2D eigenvalue weighted by atomic mass is 10.0. The molecular formula is C23H24ClNO5. The standard InChI is InChI=1S/C23H24ClNO5/c1-13-11-20(29-5)16(14(2)21(13)24)12-15-9-10-19(30-15)23(26)25-22-17(27-3)7-6-8-18(22)28-4/h6-11H,12H2,1-5H3,(H,25,26).